The fourth-order valence-corrected chi connectivity index (χ4v) is 2.63. The van der Waals surface area contributed by atoms with Gasteiger partial charge in [0.05, 0.1) is 0 Å². The van der Waals surface area contributed by atoms with Crippen molar-refractivity contribution in [2.75, 3.05) is 0 Å². The predicted octanol–water partition coefficient (Wildman–Crippen LogP) is 5.31. The second-order valence-corrected chi connectivity index (χ2v) is 6.29. The van der Waals surface area contributed by atoms with Gasteiger partial charge >= 0.3 is 0 Å². The summed E-state index contributed by atoms with van der Waals surface area (Å²) in [6, 6.07) is 0. The highest BCUT2D eigenvalue weighted by Crippen LogP contribution is 2.41. The van der Waals surface area contributed by atoms with Crippen LogP contribution in [0.25, 0.3) is 0 Å². The summed E-state index contributed by atoms with van der Waals surface area (Å²) in [5.74, 6) is -0.161. The summed E-state index contributed by atoms with van der Waals surface area (Å²) in [5.41, 5.74) is 2.11. The third-order valence-corrected chi connectivity index (χ3v) is 3.97. The molecule has 0 radical (unpaired) electrons. The number of halogens is 1. The van der Waals surface area contributed by atoms with Gasteiger partial charge in [-0.1, -0.05) is 37.6 Å². The molecule has 0 saturated carbocycles. The summed E-state index contributed by atoms with van der Waals surface area (Å²) in [5, 5.41) is 0. The lowest BCUT2D eigenvalue weighted by atomic mass is 9.68. The van der Waals surface area contributed by atoms with Crippen LogP contribution in [0.15, 0.2) is 47.4 Å². The Morgan fingerprint density at radius 3 is 2.50 bits per heavy atom. The lowest BCUT2D eigenvalue weighted by Crippen LogP contribution is -2.26. The minimum atomic E-state index is -0.355. The summed E-state index contributed by atoms with van der Waals surface area (Å²) in [7, 11) is 0. The molecule has 1 unspecified atom stereocenters. The first-order chi connectivity index (χ1) is 9.24. The standard InChI is InChI=1S/C18H25FO/c1-13-7-6-12-18(4,5)16(13)10-8-14(2)17(19)11-9-15(3)20/h7-11,16H,6,12H2,1-5H3/b10-8+,11-9+,17-14-/i3+1. The van der Waals surface area contributed by atoms with Gasteiger partial charge in [0.25, 0.3) is 0 Å². The van der Waals surface area contributed by atoms with Gasteiger partial charge < -0.3 is 0 Å². The van der Waals surface area contributed by atoms with Crippen LogP contribution in [0.5, 0.6) is 0 Å². The molecule has 0 spiro atoms. The topological polar surface area (TPSA) is 17.1 Å². The summed E-state index contributed by atoms with van der Waals surface area (Å²) in [6.45, 7) is 9.78. The molecule has 0 N–H and O–H groups in total. The zero-order valence-corrected chi connectivity index (χ0v) is 13.2. The number of allylic oxidation sites excluding steroid dienone is 8. The van der Waals surface area contributed by atoms with Gasteiger partial charge in [-0.3, -0.25) is 4.79 Å². The summed E-state index contributed by atoms with van der Waals surface area (Å²) >= 11 is 0. The number of rotatable bonds is 4. The van der Waals surface area contributed by atoms with Crippen molar-refractivity contribution < 1.29 is 9.18 Å². The number of hydrogen-bond acceptors (Lipinski definition) is 1. The molecule has 1 rings (SSSR count). The number of carbonyl (C=O) groups excluding carboxylic acids is 1. The quantitative estimate of drug-likeness (QED) is 0.294. The molecule has 2 heteroatoms. The van der Waals surface area contributed by atoms with Crippen LogP contribution in [-0.2, 0) is 4.79 Å². The Balaban J connectivity index is 2.90. The van der Waals surface area contributed by atoms with E-state index in [1.54, 1.807) is 6.92 Å². The van der Waals surface area contributed by atoms with Gasteiger partial charge in [-0.2, -0.15) is 0 Å². The first-order valence-electron chi connectivity index (χ1n) is 7.14. The average molecular weight is 277 g/mol. The van der Waals surface area contributed by atoms with Crippen molar-refractivity contribution in [1.82, 2.24) is 0 Å². The molecular formula is C18H25FO. The Morgan fingerprint density at radius 2 is 1.95 bits per heavy atom. The molecule has 0 saturated heterocycles. The van der Waals surface area contributed by atoms with Crippen molar-refractivity contribution in [3.63, 3.8) is 0 Å². The van der Waals surface area contributed by atoms with E-state index in [1.165, 1.54) is 24.6 Å². The van der Waals surface area contributed by atoms with E-state index in [2.05, 4.69) is 32.9 Å². The van der Waals surface area contributed by atoms with Crippen molar-refractivity contribution in [3.05, 3.63) is 47.4 Å². The molecule has 1 nitrogen and oxygen atoms in total. The molecule has 20 heavy (non-hydrogen) atoms. The normalized spacial score (nSPS) is 23.9. The molecule has 0 aromatic carbocycles. The Morgan fingerprint density at radius 1 is 1.30 bits per heavy atom. The molecule has 0 aromatic rings. The van der Waals surface area contributed by atoms with Gasteiger partial charge in [0.1, 0.15) is 5.83 Å². The van der Waals surface area contributed by atoms with Crippen molar-refractivity contribution in [2.45, 2.75) is 47.5 Å². The summed E-state index contributed by atoms with van der Waals surface area (Å²) < 4.78 is 13.8. The maximum Gasteiger partial charge on any atom is 0.152 e. The van der Waals surface area contributed by atoms with Crippen molar-refractivity contribution in [1.29, 1.82) is 0 Å². The first-order valence-corrected chi connectivity index (χ1v) is 7.14. The lowest BCUT2D eigenvalue weighted by Gasteiger charge is -2.36. The van der Waals surface area contributed by atoms with Crippen LogP contribution in [0.1, 0.15) is 47.5 Å². The second-order valence-electron chi connectivity index (χ2n) is 6.29. The van der Waals surface area contributed by atoms with E-state index in [4.69, 9.17) is 0 Å². The van der Waals surface area contributed by atoms with Crippen LogP contribution in [0.2, 0.25) is 0 Å². The second kappa shape index (κ2) is 6.83. The van der Waals surface area contributed by atoms with Crippen molar-refractivity contribution >= 4 is 5.78 Å². The smallest absolute Gasteiger partial charge is 0.152 e. The van der Waals surface area contributed by atoms with Gasteiger partial charge in [-0.25, -0.2) is 4.39 Å². The minimum absolute atomic E-state index is 0.149. The summed E-state index contributed by atoms with van der Waals surface area (Å²) in [6.07, 6.45) is 10.9. The van der Waals surface area contributed by atoms with Crippen LogP contribution in [0.3, 0.4) is 0 Å². The van der Waals surface area contributed by atoms with E-state index >= 15 is 0 Å². The minimum Gasteiger partial charge on any atom is -0.295 e. The lowest BCUT2D eigenvalue weighted by molar-refractivity contribution is -0.112. The molecule has 0 bridgehead atoms. The van der Waals surface area contributed by atoms with E-state index in [0.717, 1.165) is 12.8 Å². The number of ketones is 1. The Kier molecular flexibility index (Phi) is 5.67. The number of carbonyl (C=O) groups is 1. The van der Waals surface area contributed by atoms with E-state index in [1.807, 2.05) is 6.08 Å². The first kappa shape index (κ1) is 16.6. The van der Waals surface area contributed by atoms with Crippen LogP contribution in [-0.4, -0.2) is 5.78 Å². The zero-order valence-electron chi connectivity index (χ0n) is 13.2. The van der Waals surface area contributed by atoms with E-state index in [9.17, 15) is 9.18 Å². The van der Waals surface area contributed by atoms with E-state index < -0.39 is 0 Å². The fraction of sp³-hybridized carbons (Fsp3) is 0.500. The highest BCUT2D eigenvalue weighted by molar-refractivity contribution is 5.87. The van der Waals surface area contributed by atoms with Gasteiger partial charge in [-0.15, -0.1) is 0 Å². The van der Waals surface area contributed by atoms with Crippen LogP contribution in [0, 0.1) is 11.3 Å². The maximum absolute atomic E-state index is 13.8. The monoisotopic (exact) mass is 277 g/mol. The molecular weight excluding hydrogens is 252 g/mol. The van der Waals surface area contributed by atoms with Crippen molar-refractivity contribution in [3.8, 4) is 0 Å². The highest BCUT2D eigenvalue weighted by Gasteiger charge is 2.30. The maximum atomic E-state index is 13.8. The molecule has 1 atom stereocenters. The predicted molar refractivity (Wildman–Crippen MR) is 83.0 cm³/mol. The van der Waals surface area contributed by atoms with Gasteiger partial charge in [0.2, 0.25) is 0 Å². The summed E-state index contributed by atoms with van der Waals surface area (Å²) in [4.78, 5) is 10.8. The van der Waals surface area contributed by atoms with Crippen LogP contribution >= 0.6 is 0 Å². The van der Waals surface area contributed by atoms with E-state index in [-0.39, 0.29) is 17.0 Å². The molecule has 0 amide bonds. The Bertz CT molecular complexity index is 490. The zero-order chi connectivity index (χ0) is 15.3. The van der Waals surface area contributed by atoms with Crippen molar-refractivity contribution in [2.24, 2.45) is 11.3 Å². The average Bonchev–Trinajstić information content (AvgIpc) is 2.34. The molecule has 0 aliphatic heterocycles. The molecule has 110 valence electrons. The SMILES string of the molecule is CC1=CCCC(C)(C)C1/C=C/C(C)=C(F)/C=C/C([13CH3])=O. The Hall–Kier alpha value is -1.44. The molecule has 1 aliphatic rings. The van der Waals surface area contributed by atoms with Gasteiger partial charge in [0, 0.05) is 5.92 Å². The van der Waals surface area contributed by atoms with Gasteiger partial charge in [0.15, 0.2) is 5.78 Å². The third kappa shape index (κ3) is 4.59. The molecule has 1 aliphatic carbocycles. The van der Waals surface area contributed by atoms with Gasteiger partial charge in [-0.05, 0) is 56.8 Å². The highest BCUT2D eigenvalue weighted by atomic mass is 19.1. The largest absolute Gasteiger partial charge is 0.295 e. The third-order valence-electron chi connectivity index (χ3n) is 3.97. The molecule has 0 aromatic heterocycles. The van der Waals surface area contributed by atoms with E-state index in [0.29, 0.717) is 11.5 Å². The molecule has 0 fully saturated rings. The Labute approximate surface area is 122 Å². The van der Waals surface area contributed by atoms with Crippen LogP contribution in [0.4, 0.5) is 4.39 Å². The fourth-order valence-electron chi connectivity index (χ4n) is 2.63. The number of hydrogen-bond donors (Lipinski definition) is 0. The van der Waals surface area contributed by atoms with Crippen LogP contribution < -0.4 is 0 Å². The molecule has 0 heterocycles.